The van der Waals surface area contributed by atoms with Gasteiger partial charge in [-0.1, -0.05) is 12.1 Å². The number of methoxy groups -OCH3 is 1. The maximum absolute atomic E-state index is 12.9. The molecule has 0 bridgehead atoms. The van der Waals surface area contributed by atoms with E-state index in [1.165, 1.54) is 14.0 Å². The fourth-order valence-electron chi connectivity index (χ4n) is 3.15. The van der Waals surface area contributed by atoms with Gasteiger partial charge >= 0.3 is 5.97 Å². The molecule has 1 aliphatic heterocycles. The van der Waals surface area contributed by atoms with Gasteiger partial charge in [-0.05, 0) is 19.1 Å². The molecule has 3 rings (SSSR count). The molecule has 2 aromatic rings. The van der Waals surface area contributed by atoms with E-state index < -0.39 is 5.97 Å². The van der Waals surface area contributed by atoms with Crippen molar-refractivity contribution < 1.29 is 19.1 Å². The summed E-state index contributed by atoms with van der Waals surface area (Å²) in [6.07, 6.45) is 0. The molecule has 0 unspecified atom stereocenters. The first-order valence-corrected chi connectivity index (χ1v) is 9.24. The third kappa shape index (κ3) is 4.68. The first kappa shape index (κ1) is 20.2. The summed E-state index contributed by atoms with van der Waals surface area (Å²) in [5, 5.41) is 3.07. The minimum absolute atomic E-state index is 0.00531. The number of carbonyl (C=O) groups is 3. The summed E-state index contributed by atoms with van der Waals surface area (Å²) in [5.74, 6) is 0.142. The van der Waals surface area contributed by atoms with Gasteiger partial charge in [0.05, 0.1) is 18.4 Å². The minimum Gasteiger partial charge on any atom is -0.465 e. The lowest BCUT2D eigenvalue weighted by atomic mass is 10.2. The molecule has 9 heteroatoms. The summed E-state index contributed by atoms with van der Waals surface area (Å²) in [6.45, 7) is 5.13. The molecule has 0 saturated carbocycles. The lowest BCUT2D eigenvalue weighted by Gasteiger charge is -2.34. The van der Waals surface area contributed by atoms with Gasteiger partial charge in [0, 0.05) is 39.2 Å². The molecule has 2 heterocycles. The van der Waals surface area contributed by atoms with Crippen LogP contribution in [0.5, 0.6) is 0 Å². The van der Waals surface area contributed by atoms with Crippen LogP contribution in [-0.2, 0) is 9.53 Å². The number of piperazine rings is 1. The lowest BCUT2D eigenvalue weighted by Crippen LogP contribution is -2.50. The second kappa shape index (κ2) is 8.68. The number of aromatic nitrogens is 2. The predicted octanol–water partition coefficient (Wildman–Crippen LogP) is 1.62. The summed E-state index contributed by atoms with van der Waals surface area (Å²) in [6, 6.07) is 8.44. The van der Waals surface area contributed by atoms with Gasteiger partial charge in [0.25, 0.3) is 5.91 Å². The number of carbonyl (C=O) groups excluding carboxylic acids is 3. The normalized spacial score (nSPS) is 13.8. The number of benzene rings is 1. The van der Waals surface area contributed by atoms with Crippen LogP contribution >= 0.6 is 0 Å². The average Bonchev–Trinajstić information content (AvgIpc) is 2.72. The van der Waals surface area contributed by atoms with Crippen LogP contribution in [-0.4, -0.2) is 70.8 Å². The van der Waals surface area contributed by atoms with Crippen molar-refractivity contribution in [2.24, 2.45) is 0 Å². The molecule has 1 aromatic carbocycles. The highest BCUT2D eigenvalue weighted by Gasteiger charge is 2.24. The fourth-order valence-corrected chi connectivity index (χ4v) is 3.15. The van der Waals surface area contributed by atoms with E-state index in [4.69, 9.17) is 4.74 Å². The molecular weight excluding hydrogens is 374 g/mol. The highest BCUT2D eigenvalue weighted by atomic mass is 16.5. The van der Waals surface area contributed by atoms with Gasteiger partial charge in [0.1, 0.15) is 17.3 Å². The number of nitrogens with zero attached hydrogens (tertiary/aromatic N) is 4. The molecule has 0 atom stereocenters. The van der Waals surface area contributed by atoms with E-state index in [1.807, 2.05) is 0 Å². The smallest absolute Gasteiger partial charge is 0.339 e. The van der Waals surface area contributed by atoms with Crippen molar-refractivity contribution >= 4 is 29.3 Å². The van der Waals surface area contributed by atoms with Crippen molar-refractivity contribution in [2.75, 3.05) is 38.6 Å². The maximum atomic E-state index is 12.9. The van der Waals surface area contributed by atoms with Crippen molar-refractivity contribution in [1.82, 2.24) is 19.8 Å². The number of hydrogen-bond acceptors (Lipinski definition) is 7. The Morgan fingerprint density at radius 1 is 1.03 bits per heavy atom. The number of hydrogen-bond donors (Lipinski definition) is 1. The molecule has 1 N–H and O–H groups in total. The third-order valence-electron chi connectivity index (χ3n) is 4.66. The molecular formula is C20H23N5O4. The van der Waals surface area contributed by atoms with E-state index in [9.17, 15) is 14.4 Å². The Kier molecular flexibility index (Phi) is 6.06. The van der Waals surface area contributed by atoms with Crippen LogP contribution in [0.1, 0.15) is 33.6 Å². The number of aryl methyl sites for hydroxylation is 1. The van der Waals surface area contributed by atoms with E-state index in [1.54, 1.807) is 47.1 Å². The zero-order valence-electron chi connectivity index (χ0n) is 16.6. The third-order valence-corrected chi connectivity index (χ3v) is 4.66. The van der Waals surface area contributed by atoms with Crippen LogP contribution in [0.25, 0.3) is 0 Å². The van der Waals surface area contributed by atoms with Crippen LogP contribution in [0.2, 0.25) is 0 Å². The van der Waals surface area contributed by atoms with E-state index in [0.717, 1.165) is 0 Å². The monoisotopic (exact) mass is 397 g/mol. The Hall–Kier alpha value is -3.49. The van der Waals surface area contributed by atoms with Gasteiger partial charge in [-0.15, -0.1) is 0 Å². The fraction of sp³-hybridized carbons (Fsp3) is 0.350. The molecule has 9 nitrogen and oxygen atoms in total. The quantitative estimate of drug-likeness (QED) is 0.782. The van der Waals surface area contributed by atoms with E-state index in [2.05, 4.69) is 15.3 Å². The van der Waals surface area contributed by atoms with Crippen LogP contribution in [0.3, 0.4) is 0 Å². The number of para-hydroxylation sites is 1. The molecule has 29 heavy (non-hydrogen) atoms. The van der Waals surface area contributed by atoms with Gasteiger partial charge < -0.3 is 19.9 Å². The van der Waals surface area contributed by atoms with E-state index in [-0.39, 0.29) is 17.5 Å². The number of anilines is 2. The molecule has 2 amide bonds. The Bertz CT molecular complexity index is 938. The second-order valence-corrected chi connectivity index (χ2v) is 6.65. The van der Waals surface area contributed by atoms with Crippen LogP contribution in [0.15, 0.2) is 30.3 Å². The van der Waals surface area contributed by atoms with Crippen LogP contribution in [0, 0.1) is 6.92 Å². The number of nitrogens with one attached hydrogen (secondary N) is 1. The predicted molar refractivity (Wildman–Crippen MR) is 106 cm³/mol. The first-order chi connectivity index (χ1) is 13.9. The molecule has 1 fully saturated rings. The molecule has 1 aliphatic rings. The lowest BCUT2D eigenvalue weighted by molar-refractivity contribution is -0.130. The molecule has 1 aromatic heterocycles. The Labute approximate surface area is 168 Å². The summed E-state index contributed by atoms with van der Waals surface area (Å²) in [4.78, 5) is 48.3. The van der Waals surface area contributed by atoms with Gasteiger partial charge in [0.15, 0.2) is 0 Å². The van der Waals surface area contributed by atoms with Crippen molar-refractivity contribution in [3.63, 3.8) is 0 Å². The van der Waals surface area contributed by atoms with Crippen molar-refractivity contribution in [3.05, 3.63) is 47.4 Å². The summed E-state index contributed by atoms with van der Waals surface area (Å²) >= 11 is 0. The zero-order valence-corrected chi connectivity index (χ0v) is 16.6. The standard InChI is InChI=1S/C20H23N5O4/c1-13-21-17(19(27)25-10-8-24(9-11-25)14(2)26)12-18(22-13)23-16-7-5-4-6-15(16)20(28)29-3/h4-7,12H,8-11H2,1-3H3,(H,21,22,23). The molecule has 0 aliphatic carbocycles. The number of amides is 2. The second-order valence-electron chi connectivity index (χ2n) is 6.65. The summed E-state index contributed by atoms with van der Waals surface area (Å²) in [7, 11) is 1.32. The van der Waals surface area contributed by atoms with Gasteiger partial charge in [-0.25, -0.2) is 14.8 Å². The van der Waals surface area contributed by atoms with E-state index >= 15 is 0 Å². The molecule has 0 spiro atoms. The highest BCUT2D eigenvalue weighted by Crippen LogP contribution is 2.21. The minimum atomic E-state index is -0.474. The van der Waals surface area contributed by atoms with Crippen LogP contribution < -0.4 is 5.32 Å². The van der Waals surface area contributed by atoms with Crippen molar-refractivity contribution in [3.8, 4) is 0 Å². The highest BCUT2D eigenvalue weighted by molar-refractivity contribution is 5.97. The van der Waals surface area contributed by atoms with Gasteiger partial charge in [-0.2, -0.15) is 0 Å². The number of esters is 1. The number of ether oxygens (including phenoxy) is 1. The topological polar surface area (TPSA) is 105 Å². The summed E-state index contributed by atoms with van der Waals surface area (Å²) < 4.78 is 4.80. The molecule has 0 radical (unpaired) electrons. The van der Waals surface area contributed by atoms with E-state index in [0.29, 0.717) is 49.1 Å². The Morgan fingerprint density at radius 3 is 2.34 bits per heavy atom. The van der Waals surface area contributed by atoms with Gasteiger partial charge in [0.2, 0.25) is 5.91 Å². The SMILES string of the molecule is COC(=O)c1ccccc1Nc1cc(C(=O)N2CCN(C(C)=O)CC2)nc(C)n1. The van der Waals surface area contributed by atoms with Crippen molar-refractivity contribution in [2.45, 2.75) is 13.8 Å². The van der Waals surface area contributed by atoms with Gasteiger partial charge in [-0.3, -0.25) is 9.59 Å². The number of rotatable bonds is 4. The largest absolute Gasteiger partial charge is 0.465 e. The Balaban J connectivity index is 1.80. The summed E-state index contributed by atoms with van der Waals surface area (Å²) in [5.41, 5.74) is 1.14. The zero-order chi connectivity index (χ0) is 21.0. The average molecular weight is 397 g/mol. The Morgan fingerprint density at radius 2 is 1.69 bits per heavy atom. The molecule has 152 valence electrons. The van der Waals surface area contributed by atoms with Crippen molar-refractivity contribution in [1.29, 1.82) is 0 Å². The van der Waals surface area contributed by atoms with Crippen LogP contribution in [0.4, 0.5) is 11.5 Å². The molecule has 1 saturated heterocycles. The maximum Gasteiger partial charge on any atom is 0.339 e. The first-order valence-electron chi connectivity index (χ1n) is 9.24.